The first-order valence-electron chi connectivity index (χ1n) is 5.04. The van der Waals surface area contributed by atoms with Gasteiger partial charge in [-0.15, -0.1) is 11.8 Å². The van der Waals surface area contributed by atoms with Crippen LogP contribution < -0.4 is 5.73 Å². The largest absolute Gasteiger partial charge is 0.382 e. The summed E-state index contributed by atoms with van der Waals surface area (Å²) >= 11 is 1.72. The highest BCUT2D eigenvalue weighted by Crippen LogP contribution is 2.18. The van der Waals surface area contributed by atoms with Crippen molar-refractivity contribution in [1.82, 2.24) is 4.98 Å². The van der Waals surface area contributed by atoms with Crippen LogP contribution in [-0.2, 0) is 0 Å². The molecule has 15 heavy (non-hydrogen) atoms. The van der Waals surface area contributed by atoms with Gasteiger partial charge in [0.25, 0.3) is 0 Å². The minimum Gasteiger partial charge on any atom is -0.382 e. The molecule has 0 atom stereocenters. The average molecular weight is 223 g/mol. The van der Waals surface area contributed by atoms with E-state index in [4.69, 9.17) is 11.1 Å². The van der Waals surface area contributed by atoms with Crippen molar-refractivity contribution < 1.29 is 0 Å². The van der Waals surface area contributed by atoms with E-state index in [1.54, 1.807) is 17.8 Å². The Morgan fingerprint density at radius 1 is 1.53 bits per heavy atom. The van der Waals surface area contributed by atoms with Gasteiger partial charge in [-0.1, -0.05) is 19.9 Å². The summed E-state index contributed by atoms with van der Waals surface area (Å²) in [6.45, 7) is 4.42. The quantitative estimate of drug-likeness (QED) is 0.458. The molecule has 0 aromatic carbocycles. The Hall–Kier alpha value is -1.03. The van der Waals surface area contributed by atoms with Crippen LogP contribution in [0.2, 0.25) is 0 Å². The highest BCUT2D eigenvalue weighted by atomic mass is 32.2. The Balaban J connectivity index is 2.54. The van der Waals surface area contributed by atoms with Gasteiger partial charge < -0.3 is 5.73 Å². The molecule has 1 aromatic heterocycles. The van der Waals surface area contributed by atoms with Gasteiger partial charge in [0.1, 0.15) is 11.5 Å². The maximum Gasteiger partial charge on any atom is 0.141 e. The first kappa shape index (κ1) is 12.0. The van der Waals surface area contributed by atoms with Crippen LogP contribution in [0, 0.1) is 11.3 Å². The van der Waals surface area contributed by atoms with Crippen molar-refractivity contribution in [3.63, 3.8) is 0 Å². The first-order chi connectivity index (χ1) is 7.09. The summed E-state index contributed by atoms with van der Waals surface area (Å²) in [4.78, 5) is 4.28. The number of rotatable bonds is 5. The maximum absolute atomic E-state index is 7.28. The molecule has 0 radical (unpaired) electrons. The Bertz CT molecular complexity index is 336. The van der Waals surface area contributed by atoms with E-state index >= 15 is 0 Å². The molecule has 3 N–H and O–H groups in total. The van der Waals surface area contributed by atoms with Crippen LogP contribution >= 0.6 is 11.8 Å². The number of nitrogens with zero attached hydrogens (tertiary/aromatic N) is 1. The highest BCUT2D eigenvalue weighted by molar-refractivity contribution is 7.99. The van der Waals surface area contributed by atoms with Crippen molar-refractivity contribution in [2.24, 2.45) is 11.7 Å². The molecule has 0 amide bonds. The standard InChI is InChI=1S/C11H17N3S/c1-8(2)6-7-15-10-5-3-4-9(14-10)11(12)13/h3-5,8H,6-7H2,1-2H3,(H3,12,13). The molecule has 0 aliphatic rings. The number of nitrogens with two attached hydrogens (primary N) is 1. The Labute approximate surface area is 95.0 Å². The summed E-state index contributed by atoms with van der Waals surface area (Å²) in [5.74, 6) is 1.81. The molecule has 0 fully saturated rings. The molecule has 0 unspecified atom stereocenters. The summed E-state index contributed by atoms with van der Waals surface area (Å²) in [6, 6.07) is 5.60. The molecule has 1 aromatic rings. The second-order valence-electron chi connectivity index (χ2n) is 3.81. The zero-order chi connectivity index (χ0) is 11.3. The van der Waals surface area contributed by atoms with Gasteiger partial charge in [-0.05, 0) is 30.2 Å². The van der Waals surface area contributed by atoms with Crippen LogP contribution in [0.3, 0.4) is 0 Å². The number of hydrogen-bond donors (Lipinski definition) is 2. The third-order valence-electron chi connectivity index (χ3n) is 1.94. The van der Waals surface area contributed by atoms with Gasteiger partial charge >= 0.3 is 0 Å². The predicted octanol–water partition coefficient (Wildman–Crippen LogP) is 2.50. The molecule has 0 aliphatic heterocycles. The molecule has 1 rings (SSSR count). The zero-order valence-corrected chi connectivity index (χ0v) is 9.97. The fourth-order valence-corrected chi connectivity index (χ4v) is 2.18. The second kappa shape index (κ2) is 5.75. The fraction of sp³-hybridized carbons (Fsp3) is 0.455. The lowest BCUT2D eigenvalue weighted by Crippen LogP contribution is -2.13. The summed E-state index contributed by atoms with van der Waals surface area (Å²) < 4.78 is 0. The average Bonchev–Trinajstić information content (AvgIpc) is 2.17. The number of pyridine rings is 1. The van der Waals surface area contributed by atoms with E-state index in [1.807, 2.05) is 12.1 Å². The van der Waals surface area contributed by atoms with Crippen molar-refractivity contribution >= 4 is 17.6 Å². The molecule has 82 valence electrons. The number of amidine groups is 1. The van der Waals surface area contributed by atoms with Gasteiger partial charge in [0.15, 0.2) is 0 Å². The molecule has 0 saturated carbocycles. The van der Waals surface area contributed by atoms with Crippen LogP contribution in [0.5, 0.6) is 0 Å². The van der Waals surface area contributed by atoms with E-state index in [0.29, 0.717) is 11.6 Å². The topological polar surface area (TPSA) is 62.8 Å². The molecule has 0 aliphatic carbocycles. The van der Waals surface area contributed by atoms with Gasteiger partial charge in [0, 0.05) is 0 Å². The minimum atomic E-state index is 0.0290. The van der Waals surface area contributed by atoms with E-state index in [2.05, 4.69) is 18.8 Å². The zero-order valence-electron chi connectivity index (χ0n) is 9.16. The molecule has 4 heteroatoms. The SMILES string of the molecule is CC(C)CCSc1cccc(C(=N)N)n1. The molecule has 0 saturated heterocycles. The van der Waals surface area contributed by atoms with Crippen molar-refractivity contribution in [1.29, 1.82) is 5.41 Å². The smallest absolute Gasteiger partial charge is 0.141 e. The van der Waals surface area contributed by atoms with Gasteiger partial charge in [-0.3, -0.25) is 5.41 Å². The molecule has 0 bridgehead atoms. The van der Waals surface area contributed by atoms with E-state index < -0.39 is 0 Å². The maximum atomic E-state index is 7.28. The number of nitrogen functional groups attached to an aromatic ring is 1. The number of thioether (sulfide) groups is 1. The molecule has 3 nitrogen and oxygen atoms in total. The van der Waals surface area contributed by atoms with Crippen LogP contribution in [0.25, 0.3) is 0 Å². The highest BCUT2D eigenvalue weighted by Gasteiger charge is 2.01. The van der Waals surface area contributed by atoms with Crippen molar-refractivity contribution in [3.8, 4) is 0 Å². The van der Waals surface area contributed by atoms with Crippen LogP contribution in [0.4, 0.5) is 0 Å². The molecular formula is C11H17N3S. The third-order valence-corrected chi connectivity index (χ3v) is 2.91. The van der Waals surface area contributed by atoms with Crippen LogP contribution in [0.15, 0.2) is 23.2 Å². The second-order valence-corrected chi connectivity index (χ2v) is 4.92. The lowest BCUT2D eigenvalue weighted by Gasteiger charge is -2.04. The molecule has 0 spiro atoms. The van der Waals surface area contributed by atoms with Gasteiger partial charge in [0.05, 0.1) is 5.03 Å². The number of aromatic nitrogens is 1. The van der Waals surface area contributed by atoms with Gasteiger partial charge in [0.2, 0.25) is 0 Å². The summed E-state index contributed by atoms with van der Waals surface area (Å²) in [6.07, 6.45) is 1.18. The van der Waals surface area contributed by atoms with Crippen LogP contribution in [0.1, 0.15) is 26.0 Å². The molecule has 1 heterocycles. The van der Waals surface area contributed by atoms with Crippen molar-refractivity contribution in [3.05, 3.63) is 23.9 Å². The lowest BCUT2D eigenvalue weighted by molar-refractivity contribution is 0.632. The first-order valence-corrected chi connectivity index (χ1v) is 6.02. The van der Waals surface area contributed by atoms with E-state index in [9.17, 15) is 0 Å². The van der Waals surface area contributed by atoms with Crippen LogP contribution in [-0.4, -0.2) is 16.6 Å². The van der Waals surface area contributed by atoms with Gasteiger partial charge in [-0.25, -0.2) is 4.98 Å². The summed E-state index contributed by atoms with van der Waals surface area (Å²) in [5, 5.41) is 8.23. The van der Waals surface area contributed by atoms with Crippen molar-refractivity contribution in [2.75, 3.05) is 5.75 Å². The lowest BCUT2D eigenvalue weighted by atomic mass is 10.2. The Morgan fingerprint density at radius 3 is 2.87 bits per heavy atom. The van der Waals surface area contributed by atoms with E-state index in [-0.39, 0.29) is 5.84 Å². The van der Waals surface area contributed by atoms with Crippen molar-refractivity contribution in [2.45, 2.75) is 25.3 Å². The number of hydrogen-bond acceptors (Lipinski definition) is 3. The Kier molecular flexibility index (Phi) is 4.62. The van der Waals surface area contributed by atoms with E-state index in [1.165, 1.54) is 6.42 Å². The predicted molar refractivity (Wildman–Crippen MR) is 65.4 cm³/mol. The minimum absolute atomic E-state index is 0.0290. The molecular weight excluding hydrogens is 206 g/mol. The normalized spacial score (nSPS) is 10.6. The number of nitrogens with one attached hydrogen (secondary N) is 1. The van der Waals surface area contributed by atoms with E-state index in [0.717, 1.165) is 10.8 Å². The monoisotopic (exact) mass is 223 g/mol. The summed E-state index contributed by atoms with van der Waals surface area (Å²) in [5.41, 5.74) is 5.93. The fourth-order valence-electron chi connectivity index (χ4n) is 1.04. The van der Waals surface area contributed by atoms with Gasteiger partial charge in [-0.2, -0.15) is 0 Å². The summed E-state index contributed by atoms with van der Waals surface area (Å²) in [7, 11) is 0. The third kappa shape index (κ3) is 4.34. The Morgan fingerprint density at radius 2 is 2.27 bits per heavy atom.